The molecule has 0 radical (unpaired) electrons. The van der Waals surface area contributed by atoms with E-state index in [1.165, 1.54) is 14.0 Å². The summed E-state index contributed by atoms with van der Waals surface area (Å²) < 4.78 is 9.71. The third-order valence-electron chi connectivity index (χ3n) is 1.44. The van der Waals surface area contributed by atoms with Crippen LogP contribution in [0.1, 0.15) is 13.3 Å². The van der Waals surface area contributed by atoms with Crippen molar-refractivity contribution in [1.29, 1.82) is 0 Å². The number of Topliss-reactive ketones (excluding diaryl/α,β-unsaturated/α-hetero) is 1. The predicted molar refractivity (Wildman–Crippen MR) is 51.0 cm³/mol. The van der Waals surface area contributed by atoms with Gasteiger partial charge in [0.2, 0.25) is 5.91 Å². The lowest BCUT2D eigenvalue weighted by atomic mass is 10.3. The van der Waals surface area contributed by atoms with E-state index in [1.807, 2.05) is 0 Å². The first-order valence-corrected chi connectivity index (χ1v) is 4.49. The van der Waals surface area contributed by atoms with Gasteiger partial charge in [-0.25, -0.2) is 0 Å². The normalized spacial score (nSPS) is 9.86. The summed E-state index contributed by atoms with van der Waals surface area (Å²) in [5.41, 5.74) is 0. The number of amides is 1. The third kappa shape index (κ3) is 9.15. The van der Waals surface area contributed by atoms with Crippen molar-refractivity contribution in [1.82, 2.24) is 5.32 Å². The van der Waals surface area contributed by atoms with Crippen LogP contribution in [0, 0.1) is 0 Å². The number of carbonyl (C=O) groups excluding carboxylic acids is 2. The molecule has 0 saturated carbocycles. The zero-order chi connectivity index (χ0) is 10.8. The average Bonchev–Trinajstić information content (AvgIpc) is 2.11. The number of rotatable bonds is 8. The molecule has 0 saturated heterocycles. The van der Waals surface area contributed by atoms with Crippen molar-refractivity contribution in [2.24, 2.45) is 0 Å². The highest BCUT2D eigenvalue weighted by molar-refractivity contribution is 5.77. The highest BCUT2D eigenvalue weighted by atomic mass is 16.5. The van der Waals surface area contributed by atoms with Gasteiger partial charge in [-0.3, -0.25) is 9.59 Å². The van der Waals surface area contributed by atoms with Crippen molar-refractivity contribution in [3.8, 4) is 0 Å². The van der Waals surface area contributed by atoms with Gasteiger partial charge in [0.15, 0.2) is 0 Å². The molecule has 0 fully saturated rings. The second kappa shape index (κ2) is 8.65. The lowest BCUT2D eigenvalue weighted by molar-refractivity contribution is -0.125. The molecule has 0 bridgehead atoms. The van der Waals surface area contributed by atoms with E-state index in [-0.39, 0.29) is 18.3 Å². The Labute approximate surface area is 83.8 Å². The van der Waals surface area contributed by atoms with Crippen molar-refractivity contribution in [3.63, 3.8) is 0 Å². The van der Waals surface area contributed by atoms with Gasteiger partial charge >= 0.3 is 0 Å². The molecule has 82 valence electrons. The summed E-state index contributed by atoms with van der Waals surface area (Å²) in [6.45, 7) is 2.86. The molecule has 14 heavy (non-hydrogen) atoms. The van der Waals surface area contributed by atoms with Crippen LogP contribution in [0.25, 0.3) is 0 Å². The first-order valence-electron chi connectivity index (χ1n) is 4.49. The number of ketones is 1. The molecule has 1 amide bonds. The fraction of sp³-hybridized carbons (Fsp3) is 0.778. The van der Waals surface area contributed by atoms with Gasteiger partial charge < -0.3 is 14.8 Å². The van der Waals surface area contributed by atoms with Gasteiger partial charge in [0.25, 0.3) is 0 Å². The first-order chi connectivity index (χ1) is 6.66. The summed E-state index contributed by atoms with van der Waals surface area (Å²) in [6.07, 6.45) is 0.423. The third-order valence-corrected chi connectivity index (χ3v) is 1.44. The van der Waals surface area contributed by atoms with Gasteiger partial charge in [-0.1, -0.05) is 0 Å². The molecule has 0 heterocycles. The number of hydrogen-bond donors (Lipinski definition) is 1. The van der Waals surface area contributed by atoms with Crippen LogP contribution in [0.4, 0.5) is 0 Å². The zero-order valence-electron chi connectivity index (χ0n) is 8.67. The molecule has 0 aromatic rings. The SMILES string of the molecule is COCC(=O)NCCOCCC(C)=O. The van der Waals surface area contributed by atoms with Crippen molar-refractivity contribution < 1.29 is 19.1 Å². The van der Waals surface area contributed by atoms with Crippen LogP contribution in [0.15, 0.2) is 0 Å². The Bertz CT molecular complexity index is 182. The van der Waals surface area contributed by atoms with Crippen molar-refractivity contribution in [2.45, 2.75) is 13.3 Å². The summed E-state index contributed by atoms with van der Waals surface area (Å²) in [7, 11) is 1.46. The topological polar surface area (TPSA) is 64.6 Å². The summed E-state index contributed by atoms with van der Waals surface area (Å²) in [5.74, 6) is -0.0592. The quantitative estimate of drug-likeness (QED) is 0.552. The average molecular weight is 203 g/mol. The summed E-state index contributed by atoms with van der Waals surface area (Å²) in [5, 5.41) is 2.60. The maximum absolute atomic E-state index is 10.8. The molecule has 5 heteroatoms. The second-order valence-corrected chi connectivity index (χ2v) is 2.85. The minimum atomic E-state index is -0.164. The highest BCUT2D eigenvalue weighted by Crippen LogP contribution is 1.83. The van der Waals surface area contributed by atoms with Crippen LogP contribution >= 0.6 is 0 Å². The molecule has 0 spiro atoms. The Hall–Kier alpha value is -0.940. The van der Waals surface area contributed by atoms with E-state index in [4.69, 9.17) is 4.74 Å². The minimum absolute atomic E-state index is 0.0629. The highest BCUT2D eigenvalue weighted by Gasteiger charge is 1.98. The number of nitrogens with one attached hydrogen (secondary N) is 1. The van der Waals surface area contributed by atoms with Crippen LogP contribution in [0.3, 0.4) is 0 Å². The van der Waals surface area contributed by atoms with Crippen LogP contribution in [-0.4, -0.2) is 45.2 Å². The predicted octanol–water partition coefficient (Wildman–Crippen LogP) is -0.255. The van der Waals surface area contributed by atoms with Crippen LogP contribution < -0.4 is 5.32 Å². The lowest BCUT2D eigenvalue weighted by Crippen LogP contribution is -2.30. The van der Waals surface area contributed by atoms with Crippen LogP contribution in [0.2, 0.25) is 0 Å². The molecule has 0 aromatic heterocycles. The molecule has 1 N–H and O–H groups in total. The number of hydrogen-bond acceptors (Lipinski definition) is 4. The smallest absolute Gasteiger partial charge is 0.246 e. The van der Waals surface area contributed by atoms with Gasteiger partial charge in [-0.2, -0.15) is 0 Å². The van der Waals surface area contributed by atoms with Gasteiger partial charge in [-0.05, 0) is 6.92 Å². The molecular weight excluding hydrogens is 186 g/mol. The number of ether oxygens (including phenoxy) is 2. The minimum Gasteiger partial charge on any atom is -0.379 e. The van der Waals surface area contributed by atoms with E-state index in [0.717, 1.165) is 0 Å². The fourth-order valence-electron chi connectivity index (χ4n) is 0.763. The molecular formula is C9H17NO4. The Kier molecular flexibility index (Phi) is 8.07. The van der Waals surface area contributed by atoms with E-state index in [1.54, 1.807) is 0 Å². The van der Waals surface area contributed by atoms with Gasteiger partial charge in [-0.15, -0.1) is 0 Å². The Morgan fingerprint density at radius 2 is 2.00 bits per heavy atom. The summed E-state index contributed by atoms with van der Waals surface area (Å²) in [4.78, 5) is 21.3. The Balaban J connectivity index is 3.13. The second-order valence-electron chi connectivity index (χ2n) is 2.85. The van der Waals surface area contributed by atoms with Crippen LogP contribution in [0.5, 0.6) is 0 Å². The van der Waals surface area contributed by atoms with E-state index in [0.29, 0.717) is 26.2 Å². The molecule has 0 aromatic carbocycles. The zero-order valence-corrected chi connectivity index (χ0v) is 8.67. The standard InChI is InChI=1S/C9H17NO4/c1-8(11)3-5-14-6-4-10-9(12)7-13-2/h3-7H2,1-2H3,(H,10,12). The molecule has 0 unspecified atom stereocenters. The lowest BCUT2D eigenvalue weighted by Gasteiger charge is -2.04. The van der Waals surface area contributed by atoms with Crippen molar-refractivity contribution in [2.75, 3.05) is 33.5 Å². The molecule has 5 nitrogen and oxygen atoms in total. The van der Waals surface area contributed by atoms with Gasteiger partial charge in [0, 0.05) is 20.1 Å². The van der Waals surface area contributed by atoms with E-state index in [2.05, 4.69) is 10.1 Å². The number of carbonyl (C=O) groups is 2. The van der Waals surface area contributed by atoms with E-state index in [9.17, 15) is 9.59 Å². The largest absolute Gasteiger partial charge is 0.379 e. The van der Waals surface area contributed by atoms with Crippen molar-refractivity contribution >= 4 is 11.7 Å². The summed E-state index contributed by atoms with van der Waals surface area (Å²) in [6, 6.07) is 0. The molecule has 0 rings (SSSR count). The van der Waals surface area contributed by atoms with E-state index >= 15 is 0 Å². The Morgan fingerprint density at radius 3 is 2.57 bits per heavy atom. The first kappa shape index (κ1) is 13.1. The monoisotopic (exact) mass is 203 g/mol. The van der Waals surface area contributed by atoms with Gasteiger partial charge in [0.1, 0.15) is 12.4 Å². The van der Waals surface area contributed by atoms with Crippen LogP contribution in [-0.2, 0) is 19.1 Å². The maximum atomic E-state index is 10.8. The summed E-state index contributed by atoms with van der Waals surface area (Å²) >= 11 is 0. The van der Waals surface area contributed by atoms with Crippen molar-refractivity contribution in [3.05, 3.63) is 0 Å². The van der Waals surface area contributed by atoms with Gasteiger partial charge in [0.05, 0.1) is 13.2 Å². The molecule has 0 aliphatic carbocycles. The van der Waals surface area contributed by atoms with E-state index < -0.39 is 0 Å². The number of methoxy groups -OCH3 is 1. The molecule has 0 atom stereocenters. The Morgan fingerprint density at radius 1 is 1.29 bits per heavy atom. The maximum Gasteiger partial charge on any atom is 0.246 e. The fourth-order valence-corrected chi connectivity index (χ4v) is 0.763. The molecule has 0 aliphatic rings. The molecule has 0 aliphatic heterocycles.